The van der Waals surface area contributed by atoms with E-state index in [1.54, 1.807) is 24.3 Å². The molecule has 1 aromatic rings. The predicted octanol–water partition coefficient (Wildman–Crippen LogP) is 3.91. The van der Waals surface area contributed by atoms with Crippen molar-refractivity contribution in [1.29, 1.82) is 0 Å². The Labute approximate surface area is 137 Å². The standard InChI is InChI=1S/C18H25ClNO2/c1-20-11-3-2-6-17(20)15(5-4-12-20)13-22-18(21)14-7-9-16(19)10-8-14/h7-10,15,17H,2-6,11-13H2,1H3/q+1/t15-,17+,20?/m0/s1. The van der Waals surface area contributed by atoms with Crippen LogP contribution < -0.4 is 0 Å². The minimum Gasteiger partial charge on any atom is -0.462 e. The van der Waals surface area contributed by atoms with Crippen LogP contribution >= 0.6 is 11.6 Å². The van der Waals surface area contributed by atoms with Crippen LogP contribution in [0.1, 0.15) is 42.5 Å². The number of ether oxygens (including phenoxy) is 1. The highest BCUT2D eigenvalue weighted by Gasteiger charge is 2.43. The lowest BCUT2D eigenvalue weighted by atomic mass is 9.82. The van der Waals surface area contributed by atoms with Crippen LogP contribution in [0, 0.1) is 5.92 Å². The number of halogens is 1. The molecular weight excluding hydrogens is 298 g/mol. The zero-order valence-electron chi connectivity index (χ0n) is 13.3. The smallest absolute Gasteiger partial charge is 0.338 e. The van der Waals surface area contributed by atoms with Gasteiger partial charge in [-0.3, -0.25) is 0 Å². The van der Waals surface area contributed by atoms with E-state index in [9.17, 15) is 4.79 Å². The van der Waals surface area contributed by atoms with Gasteiger partial charge in [0.05, 0.1) is 31.7 Å². The molecule has 0 amide bonds. The van der Waals surface area contributed by atoms with Crippen LogP contribution in [0.5, 0.6) is 0 Å². The van der Waals surface area contributed by atoms with E-state index in [4.69, 9.17) is 16.3 Å². The van der Waals surface area contributed by atoms with Crippen molar-refractivity contribution in [3.05, 3.63) is 34.9 Å². The van der Waals surface area contributed by atoms with Gasteiger partial charge in [0.15, 0.2) is 0 Å². The van der Waals surface area contributed by atoms with Gasteiger partial charge in [-0.05, 0) is 49.9 Å². The minimum atomic E-state index is -0.229. The lowest BCUT2D eigenvalue weighted by Crippen LogP contribution is -2.61. The van der Waals surface area contributed by atoms with Gasteiger partial charge in [-0.2, -0.15) is 0 Å². The molecule has 22 heavy (non-hydrogen) atoms. The summed E-state index contributed by atoms with van der Waals surface area (Å²) in [5.74, 6) is 0.280. The molecule has 0 aromatic heterocycles. The van der Waals surface area contributed by atoms with Crippen LogP contribution in [0.4, 0.5) is 0 Å². The summed E-state index contributed by atoms with van der Waals surface area (Å²) in [5.41, 5.74) is 0.584. The second-order valence-corrected chi connectivity index (χ2v) is 7.43. The molecule has 0 radical (unpaired) electrons. The number of fused-ring (bicyclic) bond motifs is 1. The summed E-state index contributed by atoms with van der Waals surface area (Å²) >= 11 is 5.85. The second-order valence-electron chi connectivity index (χ2n) is 7.00. The van der Waals surface area contributed by atoms with Gasteiger partial charge in [0, 0.05) is 17.4 Å². The van der Waals surface area contributed by atoms with E-state index in [-0.39, 0.29) is 5.97 Å². The van der Waals surface area contributed by atoms with Gasteiger partial charge in [0.1, 0.15) is 6.61 Å². The summed E-state index contributed by atoms with van der Waals surface area (Å²) in [6.45, 7) is 3.12. The highest BCUT2D eigenvalue weighted by Crippen LogP contribution is 2.36. The molecule has 0 saturated carbocycles. The van der Waals surface area contributed by atoms with Crippen molar-refractivity contribution >= 4 is 17.6 Å². The van der Waals surface area contributed by atoms with Crippen molar-refractivity contribution in [1.82, 2.24) is 0 Å². The van der Waals surface area contributed by atoms with Gasteiger partial charge in [-0.1, -0.05) is 11.6 Å². The van der Waals surface area contributed by atoms with Crippen LogP contribution in [-0.2, 0) is 4.74 Å². The Morgan fingerprint density at radius 2 is 1.91 bits per heavy atom. The Morgan fingerprint density at radius 1 is 1.18 bits per heavy atom. The fourth-order valence-corrected chi connectivity index (χ4v) is 4.41. The van der Waals surface area contributed by atoms with Gasteiger partial charge >= 0.3 is 5.97 Å². The molecule has 0 N–H and O–H groups in total. The second kappa shape index (κ2) is 6.59. The first-order valence-corrected chi connectivity index (χ1v) is 8.73. The van der Waals surface area contributed by atoms with Crippen LogP contribution in [0.3, 0.4) is 0 Å². The number of rotatable bonds is 3. The van der Waals surface area contributed by atoms with E-state index in [0.29, 0.717) is 29.2 Å². The first-order valence-electron chi connectivity index (χ1n) is 8.35. The number of carbonyl (C=O) groups excluding carboxylic acids is 1. The molecule has 1 unspecified atom stereocenters. The van der Waals surface area contributed by atoms with Gasteiger partial charge < -0.3 is 9.22 Å². The van der Waals surface area contributed by atoms with E-state index in [0.717, 1.165) is 0 Å². The maximum Gasteiger partial charge on any atom is 0.338 e. The summed E-state index contributed by atoms with van der Waals surface area (Å²) in [4.78, 5) is 12.2. The lowest BCUT2D eigenvalue weighted by Gasteiger charge is -2.51. The van der Waals surface area contributed by atoms with Crippen LogP contribution in [-0.4, -0.2) is 43.2 Å². The van der Waals surface area contributed by atoms with Crippen molar-refractivity contribution in [2.24, 2.45) is 5.92 Å². The maximum absolute atomic E-state index is 12.2. The number of nitrogens with zero attached hydrogens (tertiary/aromatic N) is 1. The molecular formula is C18H25ClNO2+. The Bertz CT molecular complexity index is 526. The fraction of sp³-hybridized carbons (Fsp3) is 0.611. The van der Waals surface area contributed by atoms with E-state index in [2.05, 4.69) is 7.05 Å². The highest BCUT2D eigenvalue weighted by molar-refractivity contribution is 6.30. The Hall–Kier alpha value is -1.06. The van der Waals surface area contributed by atoms with Gasteiger partial charge in [0.25, 0.3) is 0 Å². The first-order chi connectivity index (χ1) is 10.6. The number of hydrogen-bond acceptors (Lipinski definition) is 2. The largest absolute Gasteiger partial charge is 0.462 e. The first kappa shape index (κ1) is 15.8. The zero-order chi connectivity index (χ0) is 15.6. The molecule has 2 fully saturated rings. The molecule has 0 spiro atoms. The number of quaternary nitrogens is 1. The van der Waals surface area contributed by atoms with Crippen molar-refractivity contribution in [2.75, 3.05) is 26.7 Å². The van der Waals surface area contributed by atoms with Gasteiger partial charge in [-0.15, -0.1) is 0 Å². The normalized spacial score (nSPS) is 31.4. The molecule has 2 heterocycles. The van der Waals surface area contributed by atoms with Crippen molar-refractivity contribution in [3.63, 3.8) is 0 Å². The van der Waals surface area contributed by atoms with Crippen LogP contribution in [0.25, 0.3) is 0 Å². The number of piperidine rings is 2. The van der Waals surface area contributed by atoms with Crippen molar-refractivity contribution in [3.8, 4) is 0 Å². The van der Waals surface area contributed by atoms with E-state index in [1.807, 2.05) is 0 Å². The molecule has 3 rings (SSSR count). The fourth-order valence-electron chi connectivity index (χ4n) is 4.28. The summed E-state index contributed by atoms with van der Waals surface area (Å²) in [7, 11) is 2.39. The van der Waals surface area contributed by atoms with Gasteiger partial charge in [0.2, 0.25) is 0 Å². The Morgan fingerprint density at radius 3 is 2.68 bits per heavy atom. The molecule has 0 bridgehead atoms. The average molecular weight is 323 g/mol. The van der Waals surface area contributed by atoms with Crippen molar-refractivity contribution in [2.45, 2.75) is 38.1 Å². The molecule has 3 nitrogen and oxygen atoms in total. The maximum atomic E-state index is 12.2. The monoisotopic (exact) mass is 322 g/mol. The quantitative estimate of drug-likeness (QED) is 0.623. The Balaban J connectivity index is 1.60. The highest BCUT2D eigenvalue weighted by atomic mass is 35.5. The summed E-state index contributed by atoms with van der Waals surface area (Å²) in [6.07, 6.45) is 6.37. The molecule has 3 atom stereocenters. The van der Waals surface area contributed by atoms with Crippen LogP contribution in [0.2, 0.25) is 5.02 Å². The number of hydrogen-bond donors (Lipinski definition) is 0. The summed E-state index contributed by atoms with van der Waals surface area (Å²) in [5, 5.41) is 0.638. The van der Waals surface area contributed by atoms with Gasteiger partial charge in [-0.25, -0.2) is 4.79 Å². The van der Waals surface area contributed by atoms with E-state index in [1.165, 1.54) is 49.7 Å². The number of benzene rings is 1. The summed E-state index contributed by atoms with van der Waals surface area (Å²) < 4.78 is 6.79. The lowest BCUT2D eigenvalue weighted by molar-refractivity contribution is -0.947. The molecule has 2 saturated heterocycles. The minimum absolute atomic E-state index is 0.229. The summed E-state index contributed by atoms with van der Waals surface area (Å²) in [6, 6.07) is 7.58. The Kier molecular flexibility index (Phi) is 4.74. The molecule has 1 aromatic carbocycles. The number of carbonyl (C=O) groups is 1. The van der Waals surface area contributed by atoms with Crippen LogP contribution in [0.15, 0.2) is 24.3 Å². The third-order valence-electron chi connectivity index (χ3n) is 5.52. The molecule has 2 aliphatic rings. The van der Waals surface area contributed by atoms with E-state index >= 15 is 0 Å². The molecule has 0 aliphatic carbocycles. The average Bonchev–Trinajstić information content (AvgIpc) is 2.52. The molecule has 2 aliphatic heterocycles. The third kappa shape index (κ3) is 3.31. The zero-order valence-corrected chi connectivity index (χ0v) is 14.0. The van der Waals surface area contributed by atoms with Crippen molar-refractivity contribution < 1.29 is 14.0 Å². The van der Waals surface area contributed by atoms with E-state index < -0.39 is 0 Å². The topological polar surface area (TPSA) is 26.3 Å². The predicted molar refractivity (Wildman–Crippen MR) is 88.0 cm³/mol. The molecule has 4 heteroatoms. The third-order valence-corrected chi connectivity index (χ3v) is 5.77. The number of esters is 1. The molecule has 120 valence electrons. The SMILES string of the molecule is C[N+]12CCCC[C@@H]1[C@H](COC(=O)c1ccc(Cl)cc1)CCC2.